The number of piperidine rings is 1. The van der Waals surface area contributed by atoms with Gasteiger partial charge in [0.15, 0.2) is 0 Å². The second-order valence-electron chi connectivity index (χ2n) is 8.48. The number of halogens is 2. The van der Waals surface area contributed by atoms with Crippen LogP contribution in [0.1, 0.15) is 23.2 Å². The van der Waals surface area contributed by atoms with Gasteiger partial charge in [-0.05, 0) is 30.5 Å². The minimum absolute atomic E-state index is 0.304. The van der Waals surface area contributed by atoms with Crippen molar-refractivity contribution >= 4 is 11.5 Å². The van der Waals surface area contributed by atoms with Gasteiger partial charge < -0.3 is 21.1 Å². The minimum Gasteiger partial charge on any atom is -0.390 e. The number of hydrogen-bond donors (Lipinski definition) is 4. The summed E-state index contributed by atoms with van der Waals surface area (Å²) in [5, 5.41) is 19.1. The summed E-state index contributed by atoms with van der Waals surface area (Å²) in [6.45, 7) is 6.77. The van der Waals surface area contributed by atoms with E-state index in [9.17, 15) is 13.9 Å². The van der Waals surface area contributed by atoms with Crippen LogP contribution in [-0.2, 0) is 13.0 Å². The van der Waals surface area contributed by atoms with Crippen LogP contribution in [0.2, 0.25) is 0 Å². The average Bonchev–Trinajstić information content (AvgIpc) is 2.79. The molecule has 4 N–H and O–H groups in total. The van der Waals surface area contributed by atoms with Crippen molar-refractivity contribution in [1.29, 1.82) is 0 Å². The molecule has 3 heterocycles. The van der Waals surface area contributed by atoms with Gasteiger partial charge in [-0.2, -0.15) is 0 Å². The van der Waals surface area contributed by atoms with Crippen molar-refractivity contribution in [1.82, 2.24) is 25.5 Å². The third-order valence-corrected chi connectivity index (χ3v) is 6.01. The zero-order valence-electron chi connectivity index (χ0n) is 18.0. The number of nitrogens with one attached hydrogen (secondary N) is 3. The second kappa shape index (κ2) is 9.89. The quantitative estimate of drug-likeness (QED) is 0.495. The SMILES string of the molecule is C=C(NC[C@H](O)CN1CCc2ccccc2C1)c1cc(NC2CCNCC2(F)F)ncn1. The van der Waals surface area contributed by atoms with E-state index < -0.39 is 18.1 Å². The molecule has 1 saturated heterocycles. The molecule has 0 spiro atoms. The highest BCUT2D eigenvalue weighted by Gasteiger charge is 2.41. The van der Waals surface area contributed by atoms with Gasteiger partial charge in [0.2, 0.25) is 0 Å². The minimum atomic E-state index is -2.85. The van der Waals surface area contributed by atoms with Gasteiger partial charge in [-0.25, -0.2) is 18.7 Å². The van der Waals surface area contributed by atoms with E-state index in [-0.39, 0.29) is 6.54 Å². The van der Waals surface area contributed by atoms with E-state index in [1.54, 1.807) is 6.07 Å². The van der Waals surface area contributed by atoms with Crippen LogP contribution >= 0.6 is 0 Å². The van der Waals surface area contributed by atoms with Crippen molar-refractivity contribution in [2.45, 2.75) is 37.5 Å². The van der Waals surface area contributed by atoms with Crippen molar-refractivity contribution in [3.05, 3.63) is 60.1 Å². The fraction of sp³-hybridized carbons (Fsp3) is 0.478. The summed E-state index contributed by atoms with van der Waals surface area (Å²) in [5.41, 5.74) is 3.69. The van der Waals surface area contributed by atoms with E-state index in [1.165, 1.54) is 17.5 Å². The number of aliphatic hydroxyl groups excluding tert-OH is 1. The van der Waals surface area contributed by atoms with Gasteiger partial charge in [-0.3, -0.25) is 4.90 Å². The van der Waals surface area contributed by atoms with Crippen molar-refractivity contribution in [2.24, 2.45) is 0 Å². The molecule has 4 rings (SSSR count). The Bertz CT molecular complexity index is 940. The molecule has 1 fully saturated rings. The average molecular weight is 445 g/mol. The van der Waals surface area contributed by atoms with Gasteiger partial charge in [0.1, 0.15) is 12.1 Å². The summed E-state index contributed by atoms with van der Waals surface area (Å²) in [5.74, 6) is -2.52. The number of benzene rings is 1. The lowest BCUT2D eigenvalue weighted by atomic mass is 10.00. The van der Waals surface area contributed by atoms with E-state index in [0.29, 0.717) is 43.3 Å². The topological polar surface area (TPSA) is 85.3 Å². The molecule has 0 bridgehead atoms. The Morgan fingerprint density at radius 3 is 2.94 bits per heavy atom. The third kappa shape index (κ3) is 5.59. The molecule has 2 aromatic rings. The molecular formula is C23H30F2N6O. The molecule has 172 valence electrons. The number of anilines is 1. The van der Waals surface area contributed by atoms with Gasteiger partial charge >= 0.3 is 0 Å². The Labute approximate surface area is 187 Å². The molecule has 0 saturated carbocycles. The monoisotopic (exact) mass is 444 g/mol. The maximum Gasteiger partial charge on any atom is 0.279 e. The highest BCUT2D eigenvalue weighted by Crippen LogP contribution is 2.26. The molecule has 0 aliphatic carbocycles. The predicted molar refractivity (Wildman–Crippen MR) is 120 cm³/mol. The van der Waals surface area contributed by atoms with Crippen molar-refractivity contribution in [3.63, 3.8) is 0 Å². The number of rotatable bonds is 8. The van der Waals surface area contributed by atoms with Crippen LogP contribution < -0.4 is 16.0 Å². The zero-order valence-corrected chi connectivity index (χ0v) is 18.0. The number of alkyl halides is 2. The highest BCUT2D eigenvalue weighted by molar-refractivity contribution is 5.60. The Hall–Kier alpha value is -2.62. The number of hydrogen-bond acceptors (Lipinski definition) is 7. The first-order valence-corrected chi connectivity index (χ1v) is 11.0. The molecule has 32 heavy (non-hydrogen) atoms. The lowest BCUT2D eigenvalue weighted by Crippen LogP contribution is -2.52. The van der Waals surface area contributed by atoms with Gasteiger partial charge in [-0.1, -0.05) is 30.8 Å². The number of β-amino-alcohol motifs (C(OH)–C–C–N with tert-alkyl or cyclic N) is 1. The van der Waals surface area contributed by atoms with Crippen LogP contribution in [0.5, 0.6) is 0 Å². The van der Waals surface area contributed by atoms with Gasteiger partial charge in [0.05, 0.1) is 30.1 Å². The molecule has 1 unspecified atom stereocenters. The second-order valence-corrected chi connectivity index (χ2v) is 8.48. The molecule has 0 radical (unpaired) electrons. The summed E-state index contributed by atoms with van der Waals surface area (Å²) in [6, 6.07) is 9.01. The Kier molecular flexibility index (Phi) is 6.98. The third-order valence-electron chi connectivity index (χ3n) is 6.01. The zero-order chi connectivity index (χ0) is 22.6. The fourth-order valence-electron chi connectivity index (χ4n) is 4.20. The van der Waals surface area contributed by atoms with Crippen LogP contribution in [0.3, 0.4) is 0 Å². The van der Waals surface area contributed by atoms with Crippen molar-refractivity contribution in [2.75, 3.05) is 38.0 Å². The summed E-state index contributed by atoms with van der Waals surface area (Å²) in [4.78, 5) is 10.5. The first-order chi connectivity index (χ1) is 15.4. The maximum atomic E-state index is 14.1. The molecule has 1 aromatic heterocycles. The van der Waals surface area contributed by atoms with Crippen LogP contribution in [-0.4, -0.2) is 70.8 Å². The molecule has 2 aliphatic heterocycles. The Balaban J connectivity index is 1.27. The molecule has 1 aromatic carbocycles. The maximum absolute atomic E-state index is 14.1. The van der Waals surface area contributed by atoms with Crippen LogP contribution in [0, 0.1) is 0 Å². The lowest BCUT2D eigenvalue weighted by Gasteiger charge is -2.32. The number of aromatic nitrogens is 2. The van der Waals surface area contributed by atoms with Crippen LogP contribution in [0.4, 0.5) is 14.6 Å². The number of nitrogens with zero attached hydrogens (tertiary/aromatic N) is 3. The normalized spacial score (nSPS) is 21.4. The fourth-order valence-corrected chi connectivity index (χ4v) is 4.20. The van der Waals surface area contributed by atoms with Crippen molar-refractivity contribution in [3.8, 4) is 0 Å². The van der Waals surface area contributed by atoms with Crippen LogP contribution in [0.15, 0.2) is 43.2 Å². The van der Waals surface area contributed by atoms with Crippen molar-refractivity contribution < 1.29 is 13.9 Å². The predicted octanol–water partition coefficient (Wildman–Crippen LogP) is 1.87. The number of aliphatic hydroxyl groups is 1. The first kappa shape index (κ1) is 22.6. The Morgan fingerprint density at radius 1 is 1.31 bits per heavy atom. The molecule has 0 amide bonds. The highest BCUT2D eigenvalue weighted by atomic mass is 19.3. The van der Waals surface area contributed by atoms with E-state index in [1.807, 2.05) is 6.07 Å². The smallest absolute Gasteiger partial charge is 0.279 e. The van der Waals surface area contributed by atoms with E-state index in [2.05, 4.69) is 55.6 Å². The molecule has 2 atom stereocenters. The number of fused-ring (bicyclic) bond motifs is 1. The van der Waals surface area contributed by atoms with E-state index in [4.69, 9.17) is 0 Å². The lowest BCUT2D eigenvalue weighted by molar-refractivity contribution is -0.0322. The standard InChI is InChI=1S/C23H30F2N6O/c1-16(20-10-22(29-15-28-20)30-21-6-8-26-14-23(21,24)25)27-11-19(32)13-31-9-7-17-4-2-3-5-18(17)12-31/h2-5,10,15,19,21,26-27,32H,1,6-9,11-14H2,(H,28,29,30)/t19-,21?/m0/s1. The van der Waals surface area contributed by atoms with Crippen LogP contribution in [0.25, 0.3) is 5.70 Å². The van der Waals surface area contributed by atoms with Gasteiger partial charge in [0.25, 0.3) is 5.92 Å². The van der Waals surface area contributed by atoms with E-state index >= 15 is 0 Å². The van der Waals surface area contributed by atoms with Gasteiger partial charge in [0, 0.05) is 32.2 Å². The first-order valence-electron chi connectivity index (χ1n) is 11.0. The largest absolute Gasteiger partial charge is 0.390 e. The summed E-state index contributed by atoms with van der Waals surface area (Å²) in [6.07, 6.45) is 2.03. The van der Waals surface area contributed by atoms with E-state index in [0.717, 1.165) is 19.5 Å². The summed E-state index contributed by atoms with van der Waals surface area (Å²) in [7, 11) is 0. The summed E-state index contributed by atoms with van der Waals surface area (Å²) >= 11 is 0. The molecule has 9 heteroatoms. The molecule has 7 nitrogen and oxygen atoms in total. The molecular weight excluding hydrogens is 414 g/mol. The Morgan fingerprint density at radius 2 is 2.12 bits per heavy atom. The molecule has 2 aliphatic rings. The van der Waals surface area contributed by atoms with Gasteiger partial charge in [-0.15, -0.1) is 0 Å². The summed E-state index contributed by atoms with van der Waals surface area (Å²) < 4.78 is 28.1.